The Morgan fingerprint density at radius 1 is 0.889 bits per heavy atom. The summed E-state index contributed by atoms with van der Waals surface area (Å²) in [5.41, 5.74) is 0. The molecule has 0 heterocycles. The monoisotopic (exact) mass is 266 g/mol. The third kappa shape index (κ3) is 3.99. The number of hydrogen-bond donors (Lipinski definition) is 0. The van der Waals surface area contributed by atoms with E-state index in [0.717, 1.165) is 12.4 Å². The maximum absolute atomic E-state index is 5.52. The second-order valence-electron chi connectivity index (χ2n) is 6.60. The highest BCUT2D eigenvalue weighted by molar-refractivity contribution is 7.68. The normalized spacial score (nSPS) is 12.9. The lowest BCUT2D eigenvalue weighted by molar-refractivity contribution is 0.340. The Balaban J connectivity index is 3.08. The van der Waals surface area contributed by atoms with Crippen molar-refractivity contribution < 1.29 is 4.74 Å². The van der Waals surface area contributed by atoms with Crippen LogP contribution in [0.3, 0.4) is 0 Å². The van der Waals surface area contributed by atoms with Gasteiger partial charge in [-0.25, -0.2) is 0 Å². The molecule has 0 saturated carbocycles. The zero-order valence-corrected chi connectivity index (χ0v) is 13.8. The predicted molar refractivity (Wildman–Crippen MR) is 83.7 cm³/mol. The van der Waals surface area contributed by atoms with E-state index >= 15 is 0 Å². The molecule has 102 valence electrons. The standard InChI is InChI=1S/C16H27OP/c1-8-17-13-9-11-14(12-10-13)18(15(2,3)4)16(5,6)7/h9-12H,8H2,1-7H3. The van der Waals surface area contributed by atoms with Gasteiger partial charge in [-0.05, 0) is 34.7 Å². The molecule has 0 amide bonds. The summed E-state index contributed by atoms with van der Waals surface area (Å²) in [7, 11) is -0.215. The van der Waals surface area contributed by atoms with Crippen molar-refractivity contribution >= 4 is 13.2 Å². The molecule has 0 fully saturated rings. The second-order valence-corrected chi connectivity index (χ2v) is 10.5. The van der Waals surface area contributed by atoms with Crippen molar-refractivity contribution in [1.82, 2.24) is 0 Å². The number of hydrogen-bond acceptors (Lipinski definition) is 1. The van der Waals surface area contributed by atoms with E-state index < -0.39 is 0 Å². The Labute approximate surface area is 114 Å². The fourth-order valence-corrected chi connectivity index (χ4v) is 6.65. The van der Waals surface area contributed by atoms with Crippen molar-refractivity contribution in [3.05, 3.63) is 24.3 Å². The van der Waals surface area contributed by atoms with Gasteiger partial charge in [0.15, 0.2) is 0 Å². The van der Waals surface area contributed by atoms with Crippen molar-refractivity contribution in [2.24, 2.45) is 0 Å². The summed E-state index contributed by atoms with van der Waals surface area (Å²) >= 11 is 0. The molecule has 1 rings (SSSR count). The summed E-state index contributed by atoms with van der Waals surface area (Å²) in [6, 6.07) is 8.69. The van der Waals surface area contributed by atoms with Crippen LogP contribution in [0.1, 0.15) is 48.5 Å². The first-order valence-corrected chi connectivity index (χ1v) is 8.03. The van der Waals surface area contributed by atoms with Gasteiger partial charge in [-0.3, -0.25) is 0 Å². The smallest absolute Gasteiger partial charge is 0.119 e. The summed E-state index contributed by atoms with van der Waals surface area (Å²) in [5, 5.41) is 2.11. The summed E-state index contributed by atoms with van der Waals surface area (Å²) in [4.78, 5) is 0. The van der Waals surface area contributed by atoms with Crippen LogP contribution in [0.4, 0.5) is 0 Å². The third-order valence-electron chi connectivity index (χ3n) is 2.75. The van der Waals surface area contributed by atoms with E-state index in [1.807, 2.05) is 6.92 Å². The van der Waals surface area contributed by atoms with E-state index in [4.69, 9.17) is 4.74 Å². The quantitative estimate of drug-likeness (QED) is 0.715. The molecule has 0 radical (unpaired) electrons. The largest absolute Gasteiger partial charge is 0.494 e. The van der Waals surface area contributed by atoms with Gasteiger partial charge < -0.3 is 4.74 Å². The van der Waals surface area contributed by atoms with Crippen molar-refractivity contribution in [1.29, 1.82) is 0 Å². The molecule has 0 N–H and O–H groups in total. The minimum atomic E-state index is -0.215. The van der Waals surface area contributed by atoms with Crippen LogP contribution in [-0.2, 0) is 0 Å². The van der Waals surface area contributed by atoms with Gasteiger partial charge in [0, 0.05) is 0 Å². The highest BCUT2D eigenvalue weighted by atomic mass is 31.1. The predicted octanol–water partition coefficient (Wildman–Crippen LogP) is 4.79. The summed E-state index contributed by atoms with van der Waals surface area (Å²) in [6.07, 6.45) is 0. The first kappa shape index (κ1) is 15.5. The molecule has 2 heteroatoms. The van der Waals surface area contributed by atoms with Crippen molar-refractivity contribution in [2.75, 3.05) is 6.61 Å². The lowest BCUT2D eigenvalue weighted by Crippen LogP contribution is -2.30. The molecule has 0 atom stereocenters. The van der Waals surface area contributed by atoms with Gasteiger partial charge in [0.2, 0.25) is 0 Å². The van der Waals surface area contributed by atoms with Crippen LogP contribution in [0.2, 0.25) is 0 Å². The fourth-order valence-electron chi connectivity index (χ4n) is 2.64. The van der Waals surface area contributed by atoms with E-state index in [9.17, 15) is 0 Å². The maximum Gasteiger partial charge on any atom is 0.119 e. The molecule has 0 spiro atoms. The van der Waals surface area contributed by atoms with Crippen molar-refractivity contribution in [3.63, 3.8) is 0 Å². The highest BCUT2D eigenvalue weighted by Gasteiger charge is 2.35. The molecule has 1 nitrogen and oxygen atoms in total. The topological polar surface area (TPSA) is 9.23 Å². The summed E-state index contributed by atoms with van der Waals surface area (Å²) in [5.74, 6) is 0.971. The lowest BCUT2D eigenvalue weighted by Gasteiger charge is -2.41. The summed E-state index contributed by atoms with van der Waals surface area (Å²) < 4.78 is 5.52. The SMILES string of the molecule is CCOc1ccc(P(C(C)(C)C)C(C)(C)C)cc1. The maximum atomic E-state index is 5.52. The average Bonchev–Trinajstić information content (AvgIpc) is 2.17. The lowest BCUT2D eigenvalue weighted by atomic mass is 10.2. The molecular weight excluding hydrogens is 239 g/mol. The van der Waals surface area contributed by atoms with E-state index in [2.05, 4.69) is 65.8 Å². The third-order valence-corrected chi connectivity index (χ3v) is 6.25. The van der Waals surface area contributed by atoms with E-state index in [1.165, 1.54) is 5.30 Å². The number of rotatable bonds is 3. The molecule has 0 aliphatic rings. The Morgan fingerprint density at radius 3 is 1.67 bits per heavy atom. The second kappa shape index (κ2) is 5.61. The van der Waals surface area contributed by atoms with Crippen molar-refractivity contribution in [3.8, 4) is 5.75 Å². The zero-order chi connectivity index (χ0) is 14.0. The van der Waals surface area contributed by atoms with Crippen LogP contribution >= 0.6 is 7.92 Å². The minimum Gasteiger partial charge on any atom is -0.494 e. The van der Waals surface area contributed by atoms with Gasteiger partial charge in [0.25, 0.3) is 0 Å². The van der Waals surface area contributed by atoms with Crippen LogP contribution in [0.25, 0.3) is 0 Å². The van der Waals surface area contributed by atoms with Crippen LogP contribution in [0.15, 0.2) is 24.3 Å². The Kier molecular flexibility index (Phi) is 4.84. The van der Waals surface area contributed by atoms with Crippen LogP contribution in [0, 0.1) is 0 Å². The molecule has 0 aliphatic carbocycles. The Hall–Kier alpha value is -0.550. The number of ether oxygens (including phenoxy) is 1. The molecule has 0 saturated heterocycles. The Morgan fingerprint density at radius 2 is 1.33 bits per heavy atom. The molecule has 0 aliphatic heterocycles. The van der Waals surface area contributed by atoms with Gasteiger partial charge in [0.05, 0.1) is 6.61 Å². The number of benzene rings is 1. The fraction of sp³-hybridized carbons (Fsp3) is 0.625. The van der Waals surface area contributed by atoms with Crippen molar-refractivity contribution in [2.45, 2.75) is 58.8 Å². The molecular formula is C16H27OP. The first-order chi connectivity index (χ1) is 8.16. The molecule has 1 aromatic carbocycles. The molecule has 0 unspecified atom stereocenters. The molecule has 1 aromatic rings. The van der Waals surface area contributed by atoms with Crippen LogP contribution in [-0.4, -0.2) is 16.9 Å². The Bertz CT molecular complexity index is 354. The van der Waals surface area contributed by atoms with Gasteiger partial charge in [-0.1, -0.05) is 61.6 Å². The summed E-state index contributed by atoms with van der Waals surface area (Å²) in [6.45, 7) is 16.8. The zero-order valence-electron chi connectivity index (χ0n) is 12.9. The van der Waals surface area contributed by atoms with E-state index in [1.54, 1.807) is 0 Å². The molecule has 0 bridgehead atoms. The van der Waals surface area contributed by atoms with Gasteiger partial charge in [-0.15, -0.1) is 0 Å². The van der Waals surface area contributed by atoms with E-state index in [0.29, 0.717) is 10.3 Å². The first-order valence-electron chi connectivity index (χ1n) is 6.69. The van der Waals surface area contributed by atoms with Gasteiger partial charge in [-0.2, -0.15) is 0 Å². The van der Waals surface area contributed by atoms with E-state index in [-0.39, 0.29) is 7.92 Å². The molecule has 18 heavy (non-hydrogen) atoms. The van der Waals surface area contributed by atoms with Gasteiger partial charge >= 0.3 is 0 Å². The average molecular weight is 266 g/mol. The van der Waals surface area contributed by atoms with Crippen LogP contribution < -0.4 is 10.0 Å². The highest BCUT2D eigenvalue weighted by Crippen LogP contribution is 2.58. The molecule has 0 aromatic heterocycles. The minimum absolute atomic E-state index is 0.215. The van der Waals surface area contributed by atoms with Crippen LogP contribution in [0.5, 0.6) is 5.75 Å². The van der Waals surface area contributed by atoms with Gasteiger partial charge in [0.1, 0.15) is 5.75 Å².